The second-order valence-corrected chi connectivity index (χ2v) is 2.39. The summed E-state index contributed by atoms with van der Waals surface area (Å²) in [4.78, 5) is 20.3. The lowest BCUT2D eigenvalue weighted by Crippen LogP contribution is -2.57. The maximum Gasteiger partial charge on any atom is 0.341 e. The molecule has 0 bridgehead atoms. The van der Waals surface area contributed by atoms with E-state index in [2.05, 4.69) is 0 Å². The summed E-state index contributed by atoms with van der Waals surface area (Å²) < 4.78 is 0. The molecule has 0 aromatic heterocycles. The highest BCUT2D eigenvalue weighted by Gasteiger charge is 2.48. The Kier molecular flexibility index (Phi) is 3.32. The molecule has 3 unspecified atom stereocenters. The Balaban J connectivity index is 4.86. The number of aldehydes is 1. The zero-order valence-electron chi connectivity index (χ0n) is 6.34. The van der Waals surface area contributed by atoms with E-state index in [1.165, 1.54) is 0 Å². The molecule has 70 valence electrons. The van der Waals surface area contributed by atoms with E-state index >= 15 is 0 Å². The second-order valence-electron chi connectivity index (χ2n) is 2.39. The Labute approximate surface area is 68.1 Å². The van der Waals surface area contributed by atoms with Gasteiger partial charge in [0.25, 0.3) is 0 Å². The van der Waals surface area contributed by atoms with Gasteiger partial charge in [-0.1, -0.05) is 0 Å². The Hall–Kier alpha value is -0.980. The summed E-state index contributed by atoms with van der Waals surface area (Å²) in [6.07, 6.45) is -4.04. The van der Waals surface area contributed by atoms with Crippen LogP contribution in [-0.4, -0.2) is 50.5 Å². The molecule has 4 N–H and O–H groups in total. The van der Waals surface area contributed by atoms with Crippen LogP contribution in [0.1, 0.15) is 6.92 Å². The lowest BCUT2D eigenvalue weighted by atomic mass is 9.92. The third-order valence-electron chi connectivity index (χ3n) is 1.56. The van der Waals surface area contributed by atoms with Crippen LogP contribution in [0.4, 0.5) is 0 Å². The smallest absolute Gasteiger partial charge is 0.341 e. The predicted octanol–water partition coefficient (Wildman–Crippen LogP) is -2.26. The van der Waals surface area contributed by atoms with Crippen molar-refractivity contribution in [3.8, 4) is 0 Å². The first-order valence-electron chi connectivity index (χ1n) is 3.14. The molecule has 0 saturated carbocycles. The summed E-state index contributed by atoms with van der Waals surface area (Å²) in [6.45, 7) is 0.959. The second kappa shape index (κ2) is 3.61. The van der Waals surface area contributed by atoms with Gasteiger partial charge in [-0.25, -0.2) is 4.79 Å². The number of aliphatic hydroxyl groups excluding tert-OH is 2. The number of carbonyl (C=O) groups is 2. The SMILES string of the molecule is CC(O)C(O)(C(=O)O)C(O)C=O. The number of aliphatic hydroxyl groups is 3. The van der Waals surface area contributed by atoms with Crippen LogP contribution in [-0.2, 0) is 9.59 Å². The van der Waals surface area contributed by atoms with Gasteiger partial charge in [0.2, 0.25) is 5.60 Å². The third kappa shape index (κ3) is 1.60. The van der Waals surface area contributed by atoms with Gasteiger partial charge in [-0.2, -0.15) is 0 Å². The van der Waals surface area contributed by atoms with Gasteiger partial charge in [0.15, 0.2) is 12.4 Å². The van der Waals surface area contributed by atoms with Gasteiger partial charge in [0.05, 0.1) is 6.10 Å². The van der Waals surface area contributed by atoms with E-state index in [0.717, 1.165) is 6.92 Å². The molecule has 0 rings (SSSR count). The fraction of sp³-hybridized carbons (Fsp3) is 0.667. The molecule has 0 aliphatic rings. The Morgan fingerprint density at radius 2 is 1.92 bits per heavy atom. The van der Waals surface area contributed by atoms with Crippen molar-refractivity contribution in [2.45, 2.75) is 24.7 Å². The van der Waals surface area contributed by atoms with Crippen molar-refractivity contribution >= 4 is 12.3 Å². The van der Waals surface area contributed by atoms with Crippen molar-refractivity contribution < 1.29 is 30.0 Å². The summed E-state index contributed by atoms with van der Waals surface area (Å²) in [7, 11) is 0. The molecule has 0 saturated heterocycles. The van der Waals surface area contributed by atoms with E-state index in [9.17, 15) is 9.59 Å². The largest absolute Gasteiger partial charge is 0.479 e. The van der Waals surface area contributed by atoms with E-state index in [1.807, 2.05) is 0 Å². The van der Waals surface area contributed by atoms with Gasteiger partial charge in [-0.15, -0.1) is 0 Å². The van der Waals surface area contributed by atoms with Gasteiger partial charge >= 0.3 is 5.97 Å². The molecule has 0 amide bonds. The van der Waals surface area contributed by atoms with Crippen LogP contribution in [0, 0.1) is 0 Å². The number of carboxylic acid groups (broad SMARTS) is 1. The van der Waals surface area contributed by atoms with Crippen LogP contribution < -0.4 is 0 Å². The first-order chi connectivity index (χ1) is 5.37. The van der Waals surface area contributed by atoms with Crippen LogP contribution in [0.2, 0.25) is 0 Å². The minimum atomic E-state index is -2.83. The summed E-state index contributed by atoms with van der Waals surface area (Å²) in [6, 6.07) is 0. The number of hydrogen-bond acceptors (Lipinski definition) is 5. The number of carbonyl (C=O) groups excluding carboxylic acids is 1. The quantitative estimate of drug-likeness (QED) is 0.361. The molecule has 0 radical (unpaired) electrons. The molecule has 0 aliphatic carbocycles. The normalized spacial score (nSPS) is 20.7. The van der Waals surface area contributed by atoms with Crippen LogP contribution >= 0.6 is 0 Å². The lowest BCUT2D eigenvalue weighted by Gasteiger charge is -2.27. The first kappa shape index (κ1) is 11.0. The number of carboxylic acids is 1. The van der Waals surface area contributed by atoms with Gasteiger partial charge in [0, 0.05) is 0 Å². The Bertz CT molecular complexity index is 188. The standard InChI is InChI=1S/C6H10O6/c1-3(8)6(12,5(10)11)4(9)2-7/h2-4,8-9,12H,1H3,(H,10,11). The van der Waals surface area contributed by atoms with Gasteiger partial charge in [-0.05, 0) is 6.92 Å². The molecule has 6 nitrogen and oxygen atoms in total. The number of hydrogen-bond donors (Lipinski definition) is 4. The van der Waals surface area contributed by atoms with Crippen molar-refractivity contribution in [2.24, 2.45) is 0 Å². The zero-order chi connectivity index (χ0) is 9.94. The number of aliphatic carboxylic acids is 1. The van der Waals surface area contributed by atoms with E-state index < -0.39 is 23.8 Å². The van der Waals surface area contributed by atoms with Crippen LogP contribution in [0.5, 0.6) is 0 Å². The molecule has 0 aliphatic heterocycles. The van der Waals surface area contributed by atoms with E-state index in [-0.39, 0.29) is 6.29 Å². The van der Waals surface area contributed by atoms with Crippen molar-refractivity contribution in [1.82, 2.24) is 0 Å². The summed E-state index contributed by atoms with van der Waals surface area (Å²) >= 11 is 0. The van der Waals surface area contributed by atoms with Crippen molar-refractivity contribution in [3.05, 3.63) is 0 Å². The van der Waals surface area contributed by atoms with Crippen molar-refractivity contribution in [3.63, 3.8) is 0 Å². The highest BCUT2D eigenvalue weighted by atomic mass is 16.4. The molecule has 12 heavy (non-hydrogen) atoms. The molecule has 6 heteroatoms. The highest BCUT2D eigenvalue weighted by molar-refractivity contribution is 5.83. The maximum absolute atomic E-state index is 10.3. The molecule has 0 aromatic rings. The van der Waals surface area contributed by atoms with E-state index in [4.69, 9.17) is 20.4 Å². The van der Waals surface area contributed by atoms with E-state index in [0.29, 0.717) is 0 Å². The average molecular weight is 178 g/mol. The summed E-state index contributed by atoms with van der Waals surface area (Å²) in [5, 5.41) is 35.0. The molecule has 0 spiro atoms. The Morgan fingerprint density at radius 1 is 1.50 bits per heavy atom. The molecule has 0 aromatic carbocycles. The highest BCUT2D eigenvalue weighted by Crippen LogP contribution is 2.15. The zero-order valence-corrected chi connectivity index (χ0v) is 6.34. The molecular weight excluding hydrogens is 168 g/mol. The molecule has 3 atom stereocenters. The van der Waals surface area contributed by atoms with Gasteiger partial charge in [-0.3, -0.25) is 0 Å². The van der Waals surface area contributed by atoms with Crippen LogP contribution in [0.15, 0.2) is 0 Å². The predicted molar refractivity (Wildman–Crippen MR) is 36.3 cm³/mol. The average Bonchev–Trinajstić information content (AvgIpc) is 2.00. The van der Waals surface area contributed by atoms with Gasteiger partial charge < -0.3 is 25.2 Å². The van der Waals surface area contributed by atoms with Crippen LogP contribution in [0.25, 0.3) is 0 Å². The monoisotopic (exact) mass is 178 g/mol. The van der Waals surface area contributed by atoms with Crippen molar-refractivity contribution in [1.29, 1.82) is 0 Å². The van der Waals surface area contributed by atoms with Gasteiger partial charge in [0.1, 0.15) is 0 Å². The van der Waals surface area contributed by atoms with E-state index in [1.54, 1.807) is 0 Å². The molecule has 0 fully saturated rings. The maximum atomic E-state index is 10.3. The topological polar surface area (TPSA) is 115 Å². The van der Waals surface area contributed by atoms with Crippen molar-refractivity contribution in [2.75, 3.05) is 0 Å². The minimum Gasteiger partial charge on any atom is -0.479 e. The summed E-state index contributed by atoms with van der Waals surface area (Å²) in [5.74, 6) is -1.85. The minimum absolute atomic E-state index is 0.152. The third-order valence-corrected chi connectivity index (χ3v) is 1.56. The Morgan fingerprint density at radius 3 is 2.00 bits per heavy atom. The van der Waals surface area contributed by atoms with Crippen LogP contribution in [0.3, 0.4) is 0 Å². The number of rotatable bonds is 4. The molecular formula is C6H10O6. The lowest BCUT2D eigenvalue weighted by molar-refractivity contribution is -0.188. The summed E-state index contributed by atoms with van der Waals surface area (Å²) in [5.41, 5.74) is -2.83. The fourth-order valence-corrected chi connectivity index (χ4v) is 0.656. The molecule has 0 heterocycles. The fourth-order valence-electron chi connectivity index (χ4n) is 0.656. The first-order valence-corrected chi connectivity index (χ1v) is 3.14.